The molecule has 0 aromatic carbocycles. The molecule has 0 unspecified atom stereocenters. The molecular formula is C6H4BF3N2O. The van der Waals surface area contributed by atoms with E-state index in [1.807, 2.05) is 0 Å². The first-order valence-corrected chi connectivity index (χ1v) is 3.31. The summed E-state index contributed by atoms with van der Waals surface area (Å²) in [6, 6.07) is 0.638. The fourth-order valence-electron chi connectivity index (χ4n) is 0.762. The van der Waals surface area contributed by atoms with Crippen LogP contribution >= 0.6 is 0 Å². The molecule has 1 aromatic rings. The molecule has 0 saturated carbocycles. The van der Waals surface area contributed by atoms with Crippen LogP contribution in [0.3, 0.4) is 0 Å². The topological polar surface area (TPSA) is 45.8 Å². The zero-order valence-corrected chi connectivity index (χ0v) is 6.35. The lowest BCUT2D eigenvalue weighted by Crippen LogP contribution is -2.23. The summed E-state index contributed by atoms with van der Waals surface area (Å²) in [7, 11) is 5.06. The third kappa shape index (κ3) is 2.10. The van der Waals surface area contributed by atoms with Crippen molar-refractivity contribution >= 4 is 7.85 Å². The highest BCUT2D eigenvalue weighted by molar-refractivity contribution is 6.08. The standard InChI is InChI=1S/C6H4BF3N2O/c7-2-3-1-4(6(8,9)10)5(13)12-11-3/h1H,2H2,(H,12,13). The average Bonchev–Trinajstić information content (AvgIpc) is 2.03. The minimum absolute atomic E-state index is 0.00748. The highest BCUT2D eigenvalue weighted by Gasteiger charge is 2.34. The Labute approximate surface area is 72.4 Å². The largest absolute Gasteiger partial charge is 0.421 e. The van der Waals surface area contributed by atoms with Crippen molar-refractivity contribution in [3.8, 4) is 0 Å². The van der Waals surface area contributed by atoms with Crippen molar-refractivity contribution in [2.24, 2.45) is 0 Å². The van der Waals surface area contributed by atoms with E-state index in [1.165, 1.54) is 0 Å². The van der Waals surface area contributed by atoms with Gasteiger partial charge in [0.15, 0.2) is 0 Å². The molecule has 0 spiro atoms. The summed E-state index contributed by atoms with van der Waals surface area (Å²) in [6.07, 6.45) is -4.82. The molecule has 13 heavy (non-hydrogen) atoms. The summed E-state index contributed by atoms with van der Waals surface area (Å²) >= 11 is 0. The summed E-state index contributed by atoms with van der Waals surface area (Å²) in [5.41, 5.74) is -2.54. The van der Waals surface area contributed by atoms with E-state index in [9.17, 15) is 18.0 Å². The van der Waals surface area contributed by atoms with Gasteiger partial charge in [-0.1, -0.05) is 0 Å². The Morgan fingerprint density at radius 2 is 2.15 bits per heavy atom. The second kappa shape index (κ2) is 3.23. The Balaban J connectivity index is 3.28. The van der Waals surface area contributed by atoms with E-state index in [-0.39, 0.29) is 12.0 Å². The molecule has 0 amide bonds. The first-order chi connectivity index (χ1) is 5.95. The molecule has 0 aliphatic rings. The highest BCUT2D eigenvalue weighted by atomic mass is 19.4. The summed E-state index contributed by atoms with van der Waals surface area (Å²) in [6.45, 7) is 0. The van der Waals surface area contributed by atoms with Gasteiger partial charge in [0.25, 0.3) is 5.56 Å². The number of rotatable bonds is 1. The van der Waals surface area contributed by atoms with Gasteiger partial charge in [-0.05, 0) is 12.4 Å². The molecule has 0 bridgehead atoms. The van der Waals surface area contributed by atoms with Crippen molar-refractivity contribution in [3.05, 3.63) is 27.7 Å². The number of H-pyrrole nitrogens is 1. The zero-order valence-electron chi connectivity index (χ0n) is 6.35. The first kappa shape index (κ1) is 9.82. The van der Waals surface area contributed by atoms with Crippen LogP contribution in [0, 0.1) is 0 Å². The zero-order chi connectivity index (χ0) is 10.1. The maximum Gasteiger partial charge on any atom is 0.421 e. The van der Waals surface area contributed by atoms with Gasteiger partial charge in [-0.3, -0.25) is 4.79 Å². The number of halogens is 3. The SMILES string of the molecule is [B]Cc1cc(C(F)(F)F)c(=O)[nH]n1. The quantitative estimate of drug-likeness (QED) is 0.650. The second-order valence-corrected chi connectivity index (χ2v) is 2.30. The van der Waals surface area contributed by atoms with Gasteiger partial charge in [0.05, 0.1) is 13.5 Å². The van der Waals surface area contributed by atoms with Crippen molar-refractivity contribution < 1.29 is 13.2 Å². The van der Waals surface area contributed by atoms with Crippen LogP contribution in [0.4, 0.5) is 13.2 Å². The lowest BCUT2D eigenvalue weighted by molar-refractivity contribution is -0.138. The summed E-state index contributed by atoms with van der Waals surface area (Å²) in [4.78, 5) is 10.7. The Morgan fingerprint density at radius 1 is 1.54 bits per heavy atom. The molecule has 1 aromatic heterocycles. The molecule has 68 valence electrons. The van der Waals surface area contributed by atoms with E-state index < -0.39 is 17.3 Å². The van der Waals surface area contributed by atoms with Crippen LogP contribution in [-0.2, 0) is 12.5 Å². The van der Waals surface area contributed by atoms with Gasteiger partial charge < -0.3 is 0 Å². The predicted molar refractivity (Wildman–Crippen MR) is 39.3 cm³/mol. The normalized spacial score (nSPS) is 11.6. The summed E-state index contributed by atoms with van der Waals surface area (Å²) in [5.74, 6) is 0. The van der Waals surface area contributed by atoms with E-state index in [1.54, 1.807) is 5.10 Å². The molecular weight excluding hydrogens is 184 g/mol. The van der Waals surface area contributed by atoms with Crippen molar-refractivity contribution in [3.63, 3.8) is 0 Å². The number of alkyl halides is 3. The molecule has 0 fully saturated rings. The molecule has 1 rings (SSSR count). The number of nitrogens with zero attached hydrogens (tertiary/aromatic N) is 1. The summed E-state index contributed by atoms with van der Waals surface area (Å²) < 4.78 is 36.2. The first-order valence-electron chi connectivity index (χ1n) is 3.31. The lowest BCUT2D eigenvalue weighted by Gasteiger charge is -2.05. The van der Waals surface area contributed by atoms with E-state index in [0.29, 0.717) is 6.07 Å². The van der Waals surface area contributed by atoms with Crippen LogP contribution in [0.5, 0.6) is 0 Å². The van der Waals surface area contributed by atoms with Crippen molar-refractivity contribution in [2.75, 3.05) is 0 Å². The van der Waals surface area contributed by atoms with Crippen molar-refractivity contribution in [2.45, 2.75) is 12.5 Å². The molecule has 0 saturated heterocycles. The monoisotopic (exact) mass is 188 g/mol. The van der Waals surface area contributed by atoms with Gasteiger partial charge in [0.2, 0.25) is 0 Å². The van der Waals surface area contributed by atoms with Gasteiger partial charge >= 0.3 is 6.18 Å². The van der Waals surface area contributed by atoms with E-state index in [4.69, 9.17) is 7.85 Å². The molecule has 7 heteroatoms. The minimum Gasteiger partial charge on any atom is -0.267 e. The van der Waals surface area contributed by atoms with Crippen LogP contribution in [0.15, 0.2) is 10.9 Å². The Kier molecular flexibility index (Phi) is 2.44. The van der Waals surface area contributed by atoms with E-state index in [2.05, 4.69) is 5.10 Å². The van der Waals surface area contributed by atoms with Crippen molar-refractivity contribution in [1.29, 1.82) is 0 Å². The number of nitrogens with one attached hydrogen (secondary N) is 1. The minimum atomic E-state index is -4.67. The molecule has 0 aliphatic carbocycles. The van der Waals surface area contributed by atoms with Gasteiger partial charge in [-0.25, -0.2) is 5.10 Å². The third-order valence-electron chi connectivity index (χ3n) is 1.37. The fourth-order valence-corrected chi connectivity index (χ4v) is 0.762. The van der Waals surface area contributed by atoms with E-state index in [0.717, 1.165) is 0 Å². The maximum atomic E-state index is 12.1. The van der Waals surface area contributed by atoms with Crippen LogP contribution in [-0.4, -0.2) is 18.0 Å². The molecule has 1 N–H and O–H groups in total. The Bertz CT molecular complexity index is 360. The molecule has 3 nitrogen and oxygen atoms in total. The van der Waals surface area contributed by atoms with Crippen LogP contribution in [0.2, 0.25) is 0 Å². The fraction of sp³-hybridized carbons (Fsp3) is 0.333. The summed E-state index contributed by atoms with van der Waals surface area (Å²) in [5, 5.41) is 5.03. The maximum absolute atomic E-state index is 12.1. The van der Waals surface area contributed by atoms with Crippen LogP contribution < -0.4 is 5.56 Å². The Hall–Kier alpha value is -1.27. The third-order valence-corrected chi connectivity index (χ3v) is 1.37. The smallest absolute Gasteiger partial charge is 0.267 e. The predicted octanol–water partition coefficient (Wildman–Crippen LogP) is 0.457. The number of hydrogen-bond donors (Lipinski definition) is 1. The Morgan fingerprint density at radius 3 is 2.62 bits per heavy atom. The molecule has 2 radical (unpaired) electrons. The van der Waals surface area contributed by atoms with Gasteiger partial charge in [0, 0.05) is 0 Å². The molecule has 0 atom stereocenters. The lowest BCUT2D eigenvalue weighted by atomic mass is 10.0. The highest BCUT2D eigenvalue weighted by Crippen LogP contribution is 2.26. The van der Waals surface area contributed by atoms with Gasteiger partial charge in [-0.2, -0.15) is 18.3 Å². The second-order valence-electron chi connectivity index (χ2n) is 2.30. The van der Waals surface area contributed by atoms with Gasteiger partial charge in [0.1, 0.15) is 5.56 Å². The van der Waals surface area contributed by atoms with Gasteiger partial charge in [-0.15, -0.1) is 0 Å². The molecule has 0 aliphatic heterocycles. The van der Waals surface area contributed by atoms with Crippen LogP contribution in [0.25, 0.3) is 0 Å². The molecule has 1 heterocycles. The number of aromatic nitrogens is 2. The number of hydrogen-bond acceptors (Lipinski definition) is 2. The van der Waals surface area contributed by atoms with Crippen LogP contribution in [0.1, 0.15) is 11.3 Å². The number of aromatic amines is 1. The average molecular weight is 188 g/mol. The van der Waals surface area contributed by atoms with Crippen molar-refractivity contribution in [1.82, 2.24) is 10.2 Å². The van der Waals surface area contributed by atoms with E-state index >= 15 is 0 Å².